The van der Waals surface area contributed by atoms with E-state index in [-0.39, 0.29) is 5.38 Å². The molecule has 0 radical (unpaired) electrons. The molecule has 0 aliphatic heterocycles. The Morgan fingerprint density at radius 3 is 2.78 bits per heavy atom. The third kappa shape index (κ3) is 2.12. The van der Waals surface area contributed by atoms with E-state index < -0.39 is 0 Å². The Balaban J connectivity index is 1.98. The van der Waals surface area contributed by atoms with E-state index in [1.54, 1.807) is 12.5 Å². The van der Waals surface area contributed by atoms with Crippen molar-refractivity contribution in [3.8, 4) is 0 Å². The first-order valence-electron chi connectivity index (χ1n) is 5.92. The number of alkyl halides is 1. The summed E-state index contributed by atoms with van der Waals surface area (Å²) in [6.07, 6.45) is 5.49. The van der Waals surface area contributed by atoms with Crippen molar-refractivity contribution in [3.63, 3.8) is 0 Å². The molecule has 3 heteroatoms. The van der Waals surface area contributed by atoms with Crippen LogP contribution < -0.4 is 0 Å². The van der Waals surface area contributed by atoms with Gasteiger partial charge in [-0.05, 0) is 16.3 Å². The Morgan fingerprint density at radius 2 is 1.94 bits per heavy atom. The van der Waals surface area contributed by atoms with E-state index in [0.717, 1.165) is 6.54 Å². The predicted octanol–water partition coefficient (Wildman–Crippen LogP) is 4.02. The molecule has 0 amide bonds. The highest BCUT2D eigenvalue weighted by Gasteiger charge is 2.11. The Kier molecular flexibility index (Phi) is 3.03. The van der Waals surface area contributed by atoms with Crippen molar-refractivity contribution in [2.45, 2.75) is 11.9 Å². The lowest BCUT2D eigenvalue weighted by Crippen LogP contribution is -2.02. The molecular weight excluding hydrogens is 244 g/mol. The molecule has 0 saturated carbocycles. The Labute approximate surface area is 111 Å². The van der Waals surface area contributed by atoms with E-state index in [0.29, 0.717) is 0 Å². The quantitative estimate of drug-likeness (QED) is 0.648. The third-order valence-corrected chi connectivity index (χ3v) is 3.46. The smallest absolute Gasteiger partial charge is 0.0946 e. The van der Waals surface area contributed by atoms with Crippen LogP contribution in [0.2, 0.25) is 0 Å². The summed E-state index contributed by atoms with van der Waals surface area (Å²) in [6, 6.07) is 14.6. The maximum absolute atomic E-state index is 6.53. The minimum atomic E-state index is -0.0506. The molecular formula is C15H13ClN2. The number of fused-ring (bicyclic) bond motifs is 1. The van der Waals surface area contributed by atoms with Crippen LogP contribution in [0.25, 0.3) is 10.8 Å². The first-order chi connectivity index (χ1) is 8.84. The van der Waals surface area contributed by atoms with Gasteiger partial charge in [-0.3, -0.25) is 0 Å². The van der Waals surface area contributed by atoms with E-state index in [4.69, 9.17) is 11.6 Å². The molecule has 3 aromatic rings. The highest BCUT2D eigenvalue weighted by Crippen LogP contribution is 2.29. The molecule has 0 spiro atoms. The van der Waals surface area contributed by atoms with Crippen molar-refractivity contribution in [3.05, 3.63) is 66.7 Å². The van der Waals surface area contributed by atoms with Crippen molar-refractivity contribution in [2.24, 2.45) is 0 Å². The minimum Gasteiger partial charge on any atom is -0.336 e. The highest BCUT2D eigenvalue weighted by atomic mass is 35.5. The van der Waals surface area contributed by atoms with Crippen LogP contribution >= 0.6 is 11.6 Å². The van der Waals surface area contributed by atoms with Crippen molar-refractivity contribution in [1.29, 1.82) is 0 Å². The van der Waals surface area contributed by atoms with Gasteiger partial charge in [0.25, 0.3) is 0 Å². The lowest BCUT2D eigenvalue weighted by Gasteiger charge is -2.13. The summed E-state index contributed by atoms with van der Waals surface area (Å²) < 4.78 is 2.00. The second kappa shape index (κ2) is 4.83. The van der Waals surface area contributed by atoms with Gasteiger partial charge in [0.2, 0.25) is 0 Å². The fraction of sp³-hybridized carbons (Fsp3) is 0.133. The number of nitrogens with zero attached hydrogens (tertiary/aromatic N) is 2. The molecule has 1 aromatic heterocycles. The number of imidazole rings is 1. The lowest BCUT2D eigenvalue weighted by atomic mass is 10.0. The van der Waals surface area contributed by atoms with Crippen molar-refractivity contribution in [2.75, 3.05) is 0 Å². The largest absolute Gasteiger partial charge is 0.336 e. The van der Waals surface area contributed by atoms with Crippen molar-refractivity contribution >= 4 is 22.4 Å². The van der Waals surface area contributed by atoms with E-state index in [1.165, 1.54) is 16.3 Å². The molecule has 0 aliphatic carbocycles. The second-order valence-corrected chi connectivity index (χ2v) is 4.82. The van der Waals surface area contributed by atoms with Crippen LogP contribution in [0.15, 0.2) is 61.2 Å². The summed E-state index contributed by atoms with van der Waals surface area (Å²) in [5, 5.41) is 2.40. The SMILES string of the molecule is ClC(Cn1ccnc1)c1cccc2ccccc12. The van der Waals surface area contributed by atoms with Gasteiger partial charge >= 0.3 is 0 Å². The van der Waals surface area contributed by atoms with Gasteiger partial charge in [0, 0.05) is 18.9 Å². The van der Waals surface area contributed by atoms with Gasteiger partial charge in [-0.1, -0.05) is 42.5 Å². The maximum atomic E-state index is 6.53. The van der Waals surface area contributed by atoms with Gasteiger partial charge < -0.3 is 4.57 Å². The molecule has 3 rings (SSSR count). The number of halogens is 1. The summed E-state index contributed by atoms with van der Waals surface area (Å²) in [5.41, 5.74) is 1.17. The van der Waals surface area contributed by atoms with E-state index in [2.05, 4.69) is 35.3 Å². The van der Waals surface area contributed by atoms with Crippen LogP contribution in [-0.2, 0) is 6.54 Å². The van der Waals surface area contributed by atoms with E-state index in [9.17, 15) is 0 Å². The predicted molar refractivity (Wildman–Crippen MR) is 74.8 cm³/mol. The van der Waals surface area contributed by atoms with Gasteiger partial charge in [0.05, 0.1) is 11.7 Å². The monoisotopic (exact) mass is 256 g/mol. The zero-order valence-electron chi connectivity index (χ0n) is 9.83. The fourth-order valence-corrected chi connectivity index (χ4v) is 2.55. The molecule has 0 saturated heterocycles. The number of benzene rings is 2. The van der Waals surface area contributed by atoms with Gasteiger partial charge in [0.1, 0.15) is 0 Å². The number of hydrogen-bond donors (Lipinski definition) is 0. The summed E-state index contributed by atoms with van der Waals surface area (Å²) in [7, 11) is 0. The molecule has 90 valence electrons. The highest BCUT2D eigenvalue weighted by molar-refractivity contribution is 6.21. The van der Waals surface area contributed by atoms with Crippen LogP contribution in [0, 0.1) is 0 Å². The molecule has 18 heavy (non-hydrogen) atoms. The van der Waals surface area contributed by atoms with Crippen LogP contribution in [-0.4, -0.2) is 9.55 Å². The lowest BCUT2D eigenvalue weighted by molar-refractivity contribution is 0.680. The Hall–Kier alpha value is -1.80. The fourth-order valence-electron chi connectivity index (χ4n) is 2.20. The van der Waals surface area contributed by atoms with Crippen LogP contribution in [0.3, 0.4) is 0 Å². The molecule has 2 aromatic carbocycles. The number of hydrogen-bond acceptors (Lipinski definition) is 1. The molecule has 0 aliphatic rings. The van der Waals surface area contributed by atoms with Gasteiger partial charge in [-0.15, -0.1) is 11.6 Å². The van der Waals surface area contributed by atoms with E-state index in [1.807, 2.05) is 22.9 Å². The van der Waals surface area contributed by atoms with Gasteiger partial charge in [0.15, 0.2) is 0 Å². The van der Waals surface area contributed by atoms with Gasteiger partial charge in [-0.25, -0.2) is 4.98 Å². The first kappa shape index (κ1) is 11.3. The normalized spacial score (nSPS) is 12.7. The zero-order chi connectivity index (χ0) is 12.4. The van der Waals surface area contributed by atoms with E-state index >= 15 is 0 Å². The molecule has 1 atom stereocenters. The first-order valence-corrected chi connectivity index (χ1v) is 6.36. The summed E-state index contributed by atoms with van der Waals surface area (Å²) in [5.74, 6) is 0. The third-order valence-electron chi connectivity index (χ3n) is 3.09. The number of aromatic nitrogens is 2. The topological polar surface area (TPSA) is 17.8 Å². The van der Waals surface area contributed by atoms with Crippen molar-refractivity contribution in [1.82, 2.24) is 9.55 Å². The average molecular weight is 257 g/mol. The van der Waals surface area contributed by atoms with Gasteiger partial charge in [-0.2, -0.15) is 0 Å². The molecule has 1 heterocycles. The average Bonchev–Trinajstić information content (AvgIpc) is 2.91. The Morgan fingerprint density at radius 1 is 1.11 bits per heavy atom. The molecule has 0 fully saturated rings. The Bertz CT molecular complexity index is 641. The molecule has 0 N–H and O–H groups in total. The van der Waals surface area contributed by atoms with Crippen LogP contribution in [0.5, 0.6) is 0 Å². The summed E-state index contributed by atoms with van der Waals surface area (Å²) in [6.45, 7) is 0.732. The molecule has 0 bridgehead atoms. The molecule has 2 nitrogen and oxygen atoms in total. The minimum absolute atomic E-state index is 0.0506. The standard InChI is InChI=1S/C15H13ClN2/c16-15(10-18-9-8-17-11-18)14-7-3-5-12-4-1-2-6-13(12)14/h1-9,11,15H,10H2. The number of rotatable bonds is 3. The van der Waals surface area contributed by atoms with Crippen molar-refractivity contribution < 1.29 is 0 Å². The van der Waals surface area contributed by atoms with Crippen LogP contribution in [0.1, 0.15) is 10.9 Å². The molecule has 1 unspecified atom stereocenters. The summed E-state index contributed by atoms with van der Waals surface area (Å²) in [4.78, 5) is 4.04. The second-order valence-electron chi connectivity index (χ2n) is 4.30. The summed E-state index contributed by atoms with van der Waals surface area (Å²) >= 11 is 6.53. The van der Waals surface area contributed by atoms with Crippen LogP contribution in [0.4, 0.5) is 0 Å². The maximum Gasteiger partial charge on any atom is 0.0946 e. The zero-order valence-corrected chi connectivity index (χ0v) is 10.6.